The molecule has 72 valence electrons. The summed E-state index contributed by atoms with van der Waals surface area (Å²) >= 11 is 0. The lowest BCUT2D eigenvalue weighted by atomic mass is 10.2. The quantitative estimate of drug-likeness (QED) is 0.722. The highest BCUT2D eigenvalue weighted by Crippen LogP contribution is 2.00. The Balaban J connectivity index is 2.37. The van der Waals surface area contributed by atoms with Crippen LogP contribution in [0, 0.1) is 6.92 Å². The van der Waals surface area contributed by atoms with Crippen molar-refractivity contribution in [1.82, 2.24) is 10.3 Å². The predicted molar refractivity (Wildman–Crippen MR) is 52.4 cm³/mol. The molecular weight excluding hydrogens is 164 g/mol. The lowest BCUT2D eigenvalue weighted by molar-refractivity contribution is 0.191. The van der Waals surface area contributed by atoms with Crippen LogP contribution in [0.25, 0.3) is 0 Å². The van der Waals surface area contributed by atoms with Gasteiger partial charge in [0.2, 0.25) is 0 Å². The summed E-state index contributed by atoms with van der Waals surface area (Å²) in [4.78, 5) is 4.08. The number of hydrogen-bond acceptors (Lipinski definition) is 3. The standard InChI is InChI=1S/C10H16N2O/c1-8-3-10(6-11-4-8)7-12-5-9(2)13/h3-4,6,9,12-13H,5,7H2,1-2H3. The van der Waals surface area contributed by atoms with E-state index in [9.17, 15) is 0 Å². The summed E-state index contributed by atoms with van der Waals surface area (Å²) in [5, 5.41) is 12.1. The Labute approximate surface area is 78.8 Å². The first-order valence-corrected chi connectivity index (χ1v) is 4.48. The van der Waals surface area contributed by atoms with Crippen LogP contribution in [0.4, 0.5) is 0 Å². The molecule has 0 radical (unpaired) electrons. The Morgan fingerprint density at radius 3 is 2.92 bits per heavy atom. The number of hydrogen-bond donors (Lipinski definition) is 2. The van der Waals surface area contributed by atoms with Crippen LogP contribution in [0.15, 0.2) is 18.5 Å². The van der Waals surface area contributed by atoms with Gasteiger partial charge in [-0.3, -0.25) is 4.98 Å². The molecule has 1 unspecified atom stereocenters. The molecule has 0 aliphatic heterocycles. The summed E-state index contributed by atoms with van der Waals surface area (Å²) in [7, 11) is 0. The van der Waals surface area contributed by atoms with Gasteiger partial charge in [0.1, 0.15) is 0 Å². The van der Waals surface area contributed by atoms with Crippen LogP contribution in [-0.4, -0.2) is 22.7 Å². The molecule has 0 aliphatic rings. The van der Waals surface area contributed by atoms with Crippen molar-refractivity contribution in [2.75, 3.05) is 6.54 Å². The van der Waals surface area contributed by atoms with Gasteiger partial charge in [-0.25, -0.2) is 0 Å². The van der Waals surface area contributed by atoms with E-state index >= 15 is 0 Å². The number of aryl methyl sites for hydroxylation is 1. The van der Waals surface area contributed by atoms with Crippen molar-refractivity contribution < 1.29 is 5.11 Å². The van der Waals surface area contributed by atoms with E-state index in [1.807, 2.05) is 19.3 Å². The van der Waals surface area contributed by atoms with Gasteiger partial charge in [0.15, 0.2) is 0 Å². The van der Waals surface area contributed by atoms with Gasteiger partial charge in [-0.05, 0) is 25.0 Å². The molecule has 1 aromatic rings. The third-order valence-corrected chi connectivity index (χ3v) is 1.70. The fraction of sp³-hybridized carbons (Fsp3) is 0.500. The fourth-order valence-electron chi connectivity index (χ4n) is 1.14. The van der Waals surface area contributed by atoms with Crippen LogP contribution in [0.2, 0.25) is 0 Å². The molecule has 3 heteroatoms. The number of aliphatic hydroxyl groups is 1. The minimum atomic E-state index is -0.294. The van der Waals surface area contributed by atoms with E-state index in [-0.39, 0.29) is 6.10 Å². The third-order valence-electron chi connectivity index (χ3n) is 1.70. The van der Waals surface area contributed by atoms with Gasteiger partial charge in [-0.1, -0.05) is 6.07 Å². The molecule has 1 rings (SSSR count). The highest BCUT2D eigenvalue weighted by molar-refractivity contribution is 5.16. The van der Waals surface area contributed by atoms with Crippen LogP contribution in [0.5, 0.6) is 0 Å². The van der Waals surface area contributed by atoms with Crippen molar-refractivity contribution in [3.8, 4) is 0 Å². The number of aliphatic hydroxyl groups excluding tert-OH is 1. The van der Waals surface area contributed by atoms with E-state index in [2.05, 4.69) is 16.4 Å². The minimum Gasteiger partial charge on any atom is -0.392 e. The third kappa shape index (κ3) is 4.01. The monoisotopic (exact) mass is 180 g/mol. The minimum absolute atomic E-state index is 0.294. The Kier molecular flexibility index (Phi) is 3.86. The Hall–Kier alpha value is -0.930. The predicted octanol–water partition coefficient (Wildman–Crippen LogP) is 0.860. The van der Waals surface area contributed by atoms with Gasteiger partial charge < -0.3 is 10.4 Å². The van der Waals surface area contributed by atoms with Crippen LogP contribution >= 0.6 is 0 Å². The maximum absolute atomic E-state index is 9.01. The molecule has 0 aliphatic carbocycles. The van der Waals surface area contributed by atoms with Crippen LogP contribution in [0.1, 0.15) is 18.1 Å². The Morgan fingerprint density at radius 2 is 2.31 bits per heavy atom. The van der Waals surface area contributed by atoms with E-state index < -0.39 is 0 Å². The first-order chi connectivity index (χ1) is 6.18. The molecule has 1 atom stereocenters. The molecule has 0 spiro atoms. The van der Waals surface area contributed by atoms with Crippen molar-refractivity contribution in [2.45, 2.75) is 26.5 Å². The lowest BCUT2D eigenvalue weighted by Crippen LogP contribution is -2.23. The van der Waals surface area contributed by atoms with Crippen molar-refractivity contribution in [3.05, 3.63) is 29.6 Å². The van der Waals surface area contributed by atoms with Crippen molar-refractivity contribution in [3.63, 3.8) is 0 Å². The second-order valence-corrected chi connectivity index (χ2v) is 3.35. The number of pyridine rings is 1. The van der Waals surface area contributed by atoms with Gasteiger partial charge in [0, 0.05) is 25.5 Å². The first kappa shape index (κ1) is 10.2. The molecule has 0 amide bonds. The Morgan fingerprint density at radius 1 is 1.54 bits per heavy atom. The summed E-state index contributed by atoms with van der Waals surface area (Å²) in [6.45, 7) is 5.17. The summed E-state index contributed by atoms with van der Waals surface area (Å²) < 4.78 is 0. The molecule has 0 saturated carbocycles. The molecule has 1 aromatic heterocycles. The molecule has 0 fully saturated rings. The van der Waals surface area contributed by atoms with Crippen molar-refractivity contribution in [1.29, 1.82) is 0 Å². The van der Waals surface area contributed by atoms with Crippen LogP contribution < -0.4 is 5.32 Å². The lowest BCUT2D eigenvalue weighted by Gasteiger charge is -2.06. The summed E-state index contributed by atoms with van der Waals surface area (Å²) in [5.74, 6) is 0. The van der Waals surface area contributed by atoms with E-state index in [0.717, 1.165) is 17.7 Å². The largest absolute Gasteiger partial charge is 0.392 e. The average molecular weight is 180 g/mol. The zero-order valence-electron chi connectivity index (χ0n) is 8.12. The summed E-state index contributed by atoms with van der Waals surface area (Å²) in [6.07, 6.45) is 3.37. The molecule has 2 N–H and O–H groups in total. The maximum atomic E-state index is 9.01. The van der Waals surface area contributed by atoms with Gasteiger partial charge in [-0.2, -0.15) is 0 Å². The number of aromatic nitrogens is 1. The molecule has 13 heavy (non-hydrogen) atoms. The molecule has 0 saturated heterocycles. The van der Waals surface area contributed by atoms with Crippen LogP contribution in [0.3, 0.4) is 0 Å². The van der Waals surface area contributed by atoms with Gasteiger partial charge in [0.05, 0.1) is 6.10 Å². The number of nitrogens with zero attached hydrogens (tertiary/aromatic N) is 1. The number of nitrogens with one attached hydrogen (secondary N) is 1. The summed E-state index contributed by atoms with van der Waals surface area (Å²) in [6, 6.07) is 2.09. The second kappa shape index (κ2) is 4.94. The van der Waals surface area contributed by atoms with E-state index in [1.54, 1.807) is 6.92 Å². The summed E-state index contributed by atoms with van der Waals surface area (Å²) in [5.41, 5.74) is 2.32. The zero-order chi connectivity index (χ0) is 9.68. The zero-order valence-corrected chi connectivity index (χ0v) is 8.12. The number of rotatable bonds is 4. The SMILES string of the molecule is Cc1cncc(CNCC(C)O)c1. The van der Waals surface area contributed by atoms with Crippen molar-refractivity contribution in [2.24, 2.45) is 0 Å². The van der Waals surface area contributed by atoms with E-state index in [1.165, 1.54) is 0 Å². The maximum Gasteiger partial charge on any atom is 0.0636 e. The molecular formula is C10H16N2O. The average Bonchev–Trinajstić information content (AvgIpc) is 2.03. The second-order valence-electron chi connectivity index (χ2n) is 3.35. The van der Waals surface area contributed by atoms with Gasteiger partial charge in [-0.15, -0.1) is 0 Å². The fourth-order valence-corrected chi connectivity index (χ4v) is 1.14. The molecule has 0 bridgehead atoms. The highest BCUT2D eigenvalue weighted by atomic mass is 16.3. The first-order valence-electron chi connectivity index (χ1n) is 4.48. The topological polar surface area (TPSA) is 45.2 Å². The van der Waals surface area contributed by atoms with Crippen LogP contribution in [-0.2, 0) is 6.54 Å². The highest BCUT2D eigenvalue weighted by Gasteiger charge is 1.96. The van der Waals surface area contributed by atoms with Gasteiger partial charge in [0.25, 0.3) is 0 Å². The molecule has 1 heterocycles. The molecule has 3 nitrogen and oxygen atoms in total. The normalized spacial score (nSPS) is 12.8. The Bertz CT molecular complexity index is 261. The smallest absolute Gasteiger partial charge is 0.0636 e. The van der Waals surface area contributed by atoms with Gasteiger partial charge >= 0.3 is 0 Å². The van der Waals surface area contributed by atoms with E-state index in [0.29, 0.717) is 6.54 Å². The molecule has 0 aromatic carbocycles. The van der Waals surface area contributed by atoms with E-state index in [4.69, 9.17) is 5.11 Å². The van der Waals surface area contributed by atoms with Crippen molar-refractivity contribution >= 4 is 0 Å².